The number of rotatable bonds is 2. The molecule has 1 unspecified atom stereocenters. The van der Waals surface area contributed by atoms with Crippen LogP contribution >= 0.6 is 11.3 Å². The molecule has 0 aromatic carbocycles. The summed E-state index contributed by atoms with van der Waals surface area (Å²) in [7, 11) is 0. The van der Waals surface area contributed by atoms with Gasteiger partial charge >= 0.3 is 0 Å². The highest BCUT2D eigenvalue weighted by molar-refractivity contribution is 7.07. The second kappa shape index (κ2) is 4.59. The number of aliphatic hydroxyl groups excluding tert-OH is 1. The highest BCUT2D eigenvalue weighted by atomic mass is 32.1. The third-order valence-electron chi connectivity index (χ3n) is 1.55. The molecule has 76 valence electrons. The molecule has 1 aromatic rings. The number of aliphatic hydroxyl groups is 1. The summed E-state index contributed by atoms with van der Waals surface area (Å²) < 4.78 is 0. The Morgan fingerprint density at radius 3 is 2.79 bits per heavy atom. The van der Waals surface area contributed by atoms with E-state index >= 15 is 0 Å². The smallest absolute Gasteiger partial charge is 0.108 e. The van der Waals surface area contributed by atoms with E-state index in [1.165, 1.54) is 11.3 Å². The monoisotopic (exact) mass is 209 g/mol. The lowest BCUT2D eigenvalue weighted by atomic mass is 9.97. The predicted octanol–water partition coefficient (Wildman–Crippen LogP) is 2.62. The van der Waals surface area contributed by atoms with Gasteiger partial charge in [0.15, 0.2) is 0 Å². The summed E-state index contributed by atoms with van der Waals surface area (Å²) in [5.41, 5.74) is 2.44. The molecule has 0 aliphatic heterocycles. The zero-order valence-electron chi connectivity index (χ0n) is 8.74. The SMILES string of the molecule is CC(C)(C)C#CCC(O)c1cscn1. The molecular weight excluding hydrogens is 194 g/mol. The van der Waals surface area contributed by atoms with Crippen LogP contribution in [0, 0.1) is 17.3 Å². The van der Waals surface area contributed by atoms with Crippen molar-refractivity contribution in [3.63, 3.8) is 0 Å². The van der Waals surface area contributed by atoms with Crippen molar-refractivity contribution in [2.45, 2.75) is 33.3 Å². The van der Waals surface area contributed by atoms with Crippen molar-refractivity contribution in [2.24, 2.45) is 5.41 Å². The number of hydrogen-bond acceptors (Lipinski definition) is 3. The molecule has 1 N–H and O–H groups in total. The average molecular weight is 209 g/mol. The Labute approximate surface area is 89.0 Å². The van der Waals surface area contributed by atoms with E-state index < -0.39 is 6.10 Å². The summed E-state index contributed by atoms with van der Waals surface area (Å²) in [4.78, 5) is 4.03. The van der Waals surface area contributed by atoms with Crippen LogP contribution in [0.15, 0.2) is 10.9 Å². The molecule has 0 bridgehead atoms. The first-order chi connectivity index (χ1) is 6.49. The van der Waals surface area contributed by atoms with Crippen LogP contribution in [0.4, 0.5) is 0 Å². The van der Waals surface area contributed by atoms with Gasteiger partial charge in [0, 0.05) is 17.2 Å². The second-order valence-electron chi connectivity index (χ2n) is 4.19. The van der Waals surface area contributed by atoms with Crippen LogP contribution in [0.2, 0.25) is 0 Å². The van der Waals surface area contributed by atoms with Crippen LogP contribution in [0.1, 0.15) is 39.0 Å². The maximum absolute atomic E-state index is 9.65. The quantitative estimate of drug-likeness (QED) is 0.759. The number of aromatic nitrogens is 1. The largest absolute Gasteiger partial charge is 0.386 e. The molecule has 1 aromatic heterocycles. The Bertz CT molecular complexity index is 326. The van der Waals surface area contributed by atoms with Gasteiger partial charge in [-0.25, -0.2) is 4.98 Å². The summed E-state index contributed by atoms with van der Waals surface area (Å²) >= 11 is 1.49. The minimum Gasteiger partial charge on any atom is -0.386 e. The molecule has 2 nitrogen and oxygen atoms in total. The Kier molecular flexibility index (Phi) is 3.68. The topological polar surface area (TPSA) is 33.1 Å². The van der Waals surface area contributed by atoms with Crippen molar-refractivity contribution in [1.29, 1.82) is 0 Å². The molecule has 1 rings (SSSR count). The summed E-state index contributed by atoms with van der Waals surface area (Å²) in [5, 5.41) is 11.5. The first-order valence-corrected chi connectivity index (χ1v) is 5.49. The molecule has 0 spiro atoms. The van der Waals surface area contributed by atoms with Gasteiger partial charge in [-0.3, -0.25) is 0 Å². The maximum atomic E-state index is 9.65. The van der Waals surface area contributed by atoms with Crippen LogP contribution in [0.3, 0.4) is 0 Å². The van der Waals surface area contributed by atoms with Crippen LogP contribution < -0.4 is 0 Å². The molecular formula is C11H15NOS. The third-order valence-corrected chi connectivity index (χ3v) is 2.16. The molecule has 0 saturated heterocycles. The lowest BCUT2D eigenvalue weighted by Gasteiger charge is -2.07. The average Bonchev–Trinajstić information content (AvgIpc) is 2.53. The van der Waals surface area contributed by atoms with Crippen LogP contribution in [-0.4, -0.2) is 10.1 Å². The summed E-state index contributed by atoms with van der Waals surface area (Å²) in [6.07, 6.45) is -0.0859. The molecule has 14 heavy (non-hydrogen) atoms. The zero-order chi connectivity index (χ0) is 10.6. The highest BCUT2D eigenvalue weighted by Gasteiger charge is 2.08. The predicted molar refractivity (Wildman–Crippen MR) is 58.9 cm³/mol. The van der Waals surface area contributed by atoms with E-state index in [1.54, 1.807) is 5.51 Å². The van der Waals surface area contributed by atoms with Crippen LogP contribution in [0.25, 0.3) is 0 Å². The van der Waals surface area contributed by atoms with E-state index in [2.05, 4.69) is 37.6 Å². The van der Waals surface area contributed by atoms with Gasteiger partial charge in [-0.15, -0.1) is 11.3 Å². The molecule has 0 saturated carbocycles. The fourth-order valence-electron chi connectivity index (χ4n) is 0.904. The molecule has 0 aliphatic rings. The van der Waals surface area contributed by atoms with Crippen molar-refractivity contribution in [2.75, 3.05) is 0 Å². The minimum absolute atomic E-state index is 0.00178. The molecule has 1 heterocycles. The van der Waals surface area contributed by atoms with E-state index in [0.717, 1.165) is 5.69 Å². The Hall–Kier alpha value is -0.850. The molecule has 0 fully saturated rings. The van der Waals surface area contributed by atoms with Crippen LogP contribution in [0.5, 0.6) is 0 Å². The normalized spacial score (nSPS) is 13.1. The van der Waals surface area contributed by atoms with E-state index in [0.29, 0.717) is 6.42 Å². The summed E-state index contributed by atoms with van der Waals surface area (Å²) in [6, 6.07) is 0. The number of thiazole rings is 1. The lowest BCUT2D eigenvalue weighted by Crippen LogP contribution is -2.01. The van der Waals surface area contributed by atoms with Crippen molar-refractivity contribution >= 4 is 11.3 Å². The Balaban J connectivity index is 2.50. The summed E-state index contributed by atoms with van der Waals surface area (Å²) in [5.74, 6) is 6.06. The lowest BCUT2D eigenvalue weighted by molar-refractivity contribution is 0.180. The van der Waals surface area contributed by atoms with Crippen LogP contribution in [-0.2, 0) is 0 Å². The Morgan fingerprint density at radius 2 is 2.29 bits per heavy atom. The molecule has 0 amide bonds. The molecule has 0 radical (unpaired) electrons. The Morgan fingerprint density at radius 1 is 1.57 bits per heavy atom. The van der Waals surface area contributed by atoms with Gasteiger partial charge in [0.1, 0.15) is 6.10 Å². The standard InChI is InChI=1S/C11H15NOS/c1-11(2,3)6-4-5-10(13)9-7-14-8-12-9/h7-8,10,13H,5H2,1-3H3. The van der Waals surface area contributed by atoms with Crippen molar-refractivity contribution in [3.05, 3.63) is 16.6 Å². The highest BCUT2D eigenvalue weighted by Crippen LogP contribution is 2.16. The van der Waals surface area contributed by atoms with E-state index in [4.69, 9.17) is 0 Å². The fraction of sp³-hybridized carbons (Fsp3) is 0.545. The molecule has 1 atom stereocenters. The number of nitrogens with zero attached hydrogens (tertiary/aromatic N) is 1. The van der Waals surface area contributed by atoms with Crippen molar-refractivity contribution < 1.29 is 5.11 Å². The first-order valence-electron chi connectivity index (χ1n) is 4.55. The second-order valence-corrected chi connectivity index (χ2v) is 4.90. The van der Waals surface area contributed by atoms with Gasteiger partial charge in [0.25, 0.3) is 0 Å². The van der Waals surface area contributed by atoms with Gasteiger partial charge in [0.2, 0.25) is 0 Å². The van der Waals surface area contributed by atoms with E-state index in [-0.39, 0.29) is 5.41 Å². The molecule has 3 heteroatoms. The maximum Gasteiger partial charge on any atom is 0.108 e. The van der Waals surface area contributed by atoms with Crippen molar-refractivity contribution in [3.8, 4) is 11.8 Å². The zero-order valence-corrected chi connectivity index (χ0v) is 9.56. The van der Waals surface area contributed by atoms with Crippen molar-refractivity contribution in [1.82, 2.24) is 4.98 Å². The minimum atomic E-state index is -0.545. The van der Waals surface area contributed by atoms with E-state index in [9.17, 15) is 5.11 Å². The van der Waals surface area contributed by atoms with Gasteiger partial charge in [0.05, 0.1) is 11.2 Å². The first kappa shape index (κ1) is 11.2. The van der Waals surface area contributed by atoms with Gasteiger partial charge in [-0.05, 0) is 20.8 Å². The third kappa shape index (κ3) is 3.91. The van der Waals surface area contributed by atoms with Gasteiger partial charge in [-0.1, -0.05) is 11.8 Å². The number of hydrogen-bond donors (Lipinski definition) is 1. The van der Waals surface area contributed by atoms with Gasteiger partial charge < -0.3 is 5.11 Å². The van der Waals surface area contributed by atoms with Gasteiger partial charge in [-0.2, -0.15) is 0 Å². The fourth-order valence-corrected chi connectivity index (χ4v) is 1.50. The van der Waals surface area contributed by atoms with E-state index in [1.807, 2.05) is 5.38 Å². The molecule has 0 aliphatic carbocycles. The summed E-state index contributed by atoms with van der Waals surface area (Å²) in [6.45, 7) is 6.15.